The highest BCUT2D eigenvalue weighted by Gasteiger charge is 2.48. The van der Waals surface area contributed by atoms with Crippen LogP contribution in [0.25, 0.3) is 16.0 Å². The number of hydrogen-bond donors (Lipinski definition) is 1. The third-order valence-corrected chi connectivity index (χ3v) is 7.33. The molecule has 1 N–H and O–H groups in total. The first-order valence-electron chi connectivity index (χ1n) is 10.4. The Morgan fingerprint density at radius 2 is 1.68 bits per heavy atom. The quantitative estimate of drug-likeness (QED) is 0.186. The fourth-order valence-electron chi connectivity index (χ4n) is 4.12. The van der Waals surface area contributed by atoms with Gasteiger partial charge in [0.15, 0.2) is 5.13 Å². The van der Waals surface area contributed by atoms with Crippen molar-refractivity contribution in [2.75, 3.05) is 4.90 Å². The number of amides is 1. The van der Waals surface area contributed by atoms with Crippen molar-refractivity contribution in [2.45, 2.75) is 19.9 Å². The van der Waals surface area contributed by atoms with Gasteiger partial charge in [-0.2, -0.15) is 0 Å². The van der Waals surface area contributed by atoms with Gasteiger partial charge in [-0.15, -0.1) is 0 Å². The molecule has 0 saturated carbocycles. The highest BCUT2D eigenvalue weighted by Crippen LogP contribution is 2.45. The number of aromatic nitrogens is 1. The Bertz CT molecular complexity index is 1510. The molecule has 5 rings (SSSR count). The molecule has 0 aliphatic carbocycles. The molecule has 1 amide bonds. The third-order valence-electron chi connectivity index (χ3n) is 5.82. The summed E-state index contributed by atoms with van der Waals surface area (Å²) in [6.45, 7) is 3.75. The number of aliphatic hydroxyl groups is 1. The molecule has 8 heteroatoms. The first-order valence-corrected chi connectivity index (χ1v) is 12.0. The average Bonchev–Trinajstić information content (AvgIpc) is 3.33. The zero-order valence-corrected chi connectivity index (χ0v) is 20.5. The van der Waals surface area contributed by atoms with E-state index in [0.717, 1.165) is 15.8 Å². The molecular formula is C26H18Cl2N2O3S. The number of aliphatic hydroxyl groups excluding tert-OH is 1. The molecule has 0 bridgehead atoms. The van der Waals surface area contributed by atoms with E-state index in [9.17, 15) is 14.7 Å². The van der Waals surface area contributed by atoms with E-state index in [0.29, 0.717) is 31.8 Å². The Balaban J connectivity index is 1.76. The molecule has 1 aliphatic heterocycles. The molecule has 3 aromatic carbocycles. The Labute approximate surface area is 209 Å². The summed E-state index contributed by atoms with van der Waals surface area (Å²) >= 11 is 13.5. The van der Waals surface area contributed by atoms with Gasteiger partial charge in [0.1, 0.15) is 5.76 Å². The summed E-state index contributed by atoms with van der Waals surface area (Å²) in [5.41, 5.74) is 3.53. The third kappa shape index (κ3) is 3.78. The number of fused-ring (bicyclic) bond motifs is 1. The summed E-state index contributed by atoms with van der Waals surface area (Å²) in [4.78, 5) is 32.6. The van der Waals surface area contributed by atoms with E-state index in [1.54, 1.807) is 48.5 Å². The predicted molar refractivity (Wildman–Crippen MR) is 137 cm³/mol. The van der Waals surface area contributed by atoms with Gasteiger partial charge < -0.3 is 5.11 Å². The van der Waals surface area contributed by atoms with Crippen molar-refractivity contribution in [1.29, 1.82) is 0 Å². The van der Waals surface area contributed by atoms with Crippen LogP contribution in [0.15, 0.2) is 66.2 Å². The van der Waals surface area contributed by atoms with Crippen molar-refractivity contribution in [3.63, 3.8) is 0 Å². The van der Waals surface area contributed by atoms with Crippen molar-refractivity contribution < 1.29 is 14.7 Å². The zero-order chi connectivity index (χ0) is 24.1. The van der Waals surface area contributed by atoms with E-state index in [4.69, 9.17) is 23.2 Å². The van der Waals surface area contributed by atoms with Gasteiger partial charge in [-0.3, -0.25) is 14.5 Å². The Kier molecular flexibility index (Phi) is 5.68. The lowest BCUT2D eigenvalue weighted by Gasteiger charge is -2.23. The summed E-state index contributed by atoms with van der Waals surface area (Å²) in [5.74, 6) is -1.74. The standard InChI is InChI=1S/C26H18Cl2N2O3S/c1-13-3-4-14(2)18(11-13)23(31)21-22(15-5-7-16(27)8-6-15)30(25(33)24(21)32)26-29-19-10-9-17(28)12-20(19)34-26/h3-12,22,31H,1-2H3/b23-21+. The maximum Gasteiger partial charge on any atom is 0.301 e. The largest absolute Gasteiger partial charge is 0.507 e. The number of carbonyl (C=O) groups is 2. The van der Waals surface area contributed by atoms with Crippen LogP contribution in [-0.2, 0) is 9.59 Å². The summed E-state index contributed by atoms with van der Waals surface area (Å²) in [5, 5.41) is 12.8. The first-order chi connectivity index (χ1) is 16.2. The lowest BCUT2D eigenvalue weighted by atomic mass is 9.93. The van der Waals surface area contributed by atoms with Crippen molar-refractivity contribution in [3.05, 3.63) is 98.5 Å². The van der Waals surface area contributed by atoms with Crippen molar-refractivity contribution >= 4 is 67.3 Å². The Morgan fingerprint density at radius 3 is 2.41 bits per heavy atom. The molecule has 1 aliphatic rings. The predicted octanol–water partition coefficient (Wildman–Crippen LogP) is 6.85. The van der Waals surface area contributed by atoms with Crippen molar-refractivity contribution in [3.8, 4) is 0 Å². The topological polar surface area (TPSA) is 70.5 Å². The van der Waals surface area contributed by atoms with Crippen molar-refractivity contribution in [2.24, 2.45) is 0 Å². The van der Waals surface area contributed by atoms with E-state index >= 15 is 0 Å². The first kappa shape index (κ1) is 22.6. The lowest BCUT2D eigenvalue weighted by molar-refractivity contribution is -0.132. The molecule has 4 aromatic rings. The van der Waals surface area contributed by atoms with Gasteiger partial charge >= 0.3 is 5.91 Å². The number of halogens is 2. The van der Waals surface area contributed by atoms with E-state index in [2.05, 4.69) is 4.98 Å². The number of anilines is 1. The van der Waals surface area contributed by atoms with E-state index < -0.39 is 17.7 Å². The summed E-state index contributed by atoms with van der Waals surface area (Å²) < 4.78 is 0.786. The summed E-state index contributed by atoms with van der Waals surface area (Å²) in [6, 6.07) is 16.8. The van der Waals surface area contributed by atoms with Gasteiger partial charge in [-0.05, 0) is 61.4 Å². The van der Waals surface area contributed by atoms with Crippen LogP contribution in [0.4, 0.5) is 5.13 Å². The Morgan fingerprint density at radius 1 is 0.971 bits per heavy atom. The highest BCUT2D eigenvalue weighted by molar-refractivity contribution is 7.22. The summed E-state index contributed by atoms with van der Waals surface area (Å²) in [7, 11) is 0. The zero-order valence-electron chi connectivity index (χ0n) is 18.2. The number of aryl methyl sites for hydroxylation is 2. The van der Waals surface area contributed by atoms with Gasteiger partial charge in [-0.25, -0.2) is 4.98 Å². The van der Waals surface area contributed by atoms with Gasteiger partial charge in [0.25, 0.3) is 5.78 Å². The molecule has 1 saturated heterocycles. The number of hydrogen-bond acceptors (Lipinski definition) is 5. The molecule has 2 heterocycles. The fraction of sp³-hybridized carbons (Fsp3) is 0.115. The Hall–Kier alpha value is -3.19. The van der Waals surface area contributed by atoms with Crippen molar-refractivity contribution in [1.82, 2.24) is 4.98 Å². The number of carbonyl (C=O) groups excluding carboxylic acids is 2. The minimum atomic E-state index is -0.867. The SMILES string of the molecule is Cc1ccc(C)c(/C(O)=C2\C(=O)C(=O)N(c3nc4ccc(Cl)cc4s3)C2c2ccc(Cl)cc2)c1. The smallest absolute Gasteiger partial charge is 0.301 e. The van der Waals surface area contributed by atoms with Crippen LogP contribution < -0.4 is 4.90 Å². The van der Waals surface area contributed by atoms with Gasteiger partial charge in [0, 0.05) is 15.6 Å². The molecule has 1 fully saturated rings. The molecule has 0 radical (unpaired) electrons. The number of ketones is 1. The highest BCUT2D eigenvalue weighted by atomic mass is 35.5. The monoisotopic (exact) mass is 508 g/mol. The lowest BCUT2D eigenvalue weighted by Crippen LogP contribution is -2.29. The summed E-state index contributed by atoms with van der Waals surface area (Å²) in [6.07, 6.45) is 0. The van der Waals surface area contributed by atoms with Crippen LogP contribution in [0.3, 0.4) is 0 Å². The minimum absolute atomic E-state index is 0.0123. The van der Waals surface area contributed by atoms with Crippen LogP contribution in [0.1, 0.15) is 28.3 Å². The van der Waals surface area contributed by atoms with E-state index in [1.165, 1.54) is 16.2 Å². The molecular weight excluding hydrogens is 491 g/mol. The van der Waals surface area contributed by atoms with Crippen LogP contribution in [0, 0.1) is 13.8 Å². The van der Waals surface area contributed by atoms with Crippen LogP contribution in [0.5, 0.6) is 0 Å². The van der Waals surface area contributed by atoms with Gasteiger partial charge in [-0.1, -0.05) is 64.4 Å². The molecule has 1 unspecified atom stereocenters. The number of thiazole rings is 1. The maximum atomic E-state index is 13.3. The number of nitrogens with zero attached hydrogens (tertiary/aromatic N) is 2. The molecule has 170 valence electrons. The van der Waals surface area contributed by atoms with Gasteiger partial charge in [0.2, 0.25) is 0 Å². The number of benzene rings is 3. The minimum Gasteiger partial charge on any atom is -0.507 e. The second-order valence-corrected chi connectivity index (χ2v) is 10.0. The molecule has 5 nitrogen and oxygen atoms in total. The van der Waals surface area contributed by atoms with Gasteiger partial charge in [0.05, 0.1) is 21.8 Å². The molecule has 1 aromatic heterocycles. The maximum absolute atomic E-state index is 13.3. The van der Waals surface area contributed by atoms with Crippen LogP contribution in [-0.4, -0.2) is 21.8 Å². The number of rotatable bonds is 3. The molecule has 34 heavy (non-hydrogen) atoms. The van der Waals surface area contributed by atoms with E-state index in [1.807, 2.05) is 26.0 Å². The normalized spacial score (nSPS) is 17.6. The second-order valence-electron chi connectivity index (χ2n) is 8.15. The van der Waals surface area contributed by atoms with Crippen LogP contribution in [0.2, 0.25) is 10.0 Å². The van der Waals surface area contributed by atoms with Crippen LogP contribution >= 0.6 is 34.5 Å². The number of Topliss-reactive ketones (excluding diaryl/α,β-unsaturated/α-hetero) is 1. The average molecular weight is 509 g/mol. The second kappa shape index (κ2) is 8.55. The molecule has 1 atom stereocenters. The fourth-order valence-corrected chi connectivity index (χ4v) is 5.51. The van der Waals surface area contributed by atoms with E-state index in [-0.39, 0.29) is 11.3 Å². The molecule has 0 spiro atoms.